The highest BCUT2D eigenvalue weighted by molar-refractivity contribution is 14.1. The van der Waals surface area contributed by atoms with E-state index < -0.39 is 15.3 Å². The van der Waals surface area contributed by atoms with Gasteiger partial charge in [0.1, 0.15) is 8.95 Å². The van der Waals surface area contributed by atoms with E-state index in [4.69, 9.17) is 5.14 Å². The third-order valence-corrected chi connectivity index (χ3v) is 4.66. The van der Waals surface area contributed by atoms with Crippen molar-refractivity contribution in [3.8, 4) is 0 Å². The molecule has 1 amide bonds. The van der Waals surface area contributed by atoms with E-state index >= 15 is 0 Å². The van der Waals surface area contributed by atoms with E-state index in [9.17, 15) is 13.2 Å². The zero-order valence-corrected chi connectivity index (χ0v) is 11.7. The number of nitrogens with two attached hydrogens (primary N) is 1. The fourth-order valence-electron chi connectivity index (χ4n) is 1.71. The van der Waals surface area contributed by atoms with Crippen LogP contribution in [0.5, 0.6) is 0 Å². The van der Waals surface area contributed by atoms with Crippen LogP contribution in [0.1, 0.15) is 6.42 Å². The van der Waals surface area contributed by atoms with Crippen molar-refractivity contribution in [2.24, 2.45) is 5.14 Å². The van der Waals surface area contributed by atoms with Crippen LogP contribution in [0.2, 0.25) is 0 Å². The summed E-state index contributed by atoms with van der Waals surface area (Å²) in [7, 11) is -3.67. The largest absolute Gasteiger partial charge is 0.308 e. The molecule has 1 aromatic rings. The number of nitrogens with zero attached hydrogens (tertiary/aromatic N) is 2. The Labute approximate surface area is 112 Å². The molecule has 1 aliphatic heterocycles. The van der Waals surface area contributed by atoms with Crippen LogP contribution in [-0.2, 0) is 14.8 Å². The van der Waals surface area contributed by atoms with Gasteiger partial charge in [-0.1, -0.05) is 0 Å². The molecule has 0 spiro atoms. The standard InChI is InChI=1S/C9H10IN3O3S/c10-9-7(2-1-3-12-9)13-5-6(4-8(13)14)17(11,15)16/h1-3,6H,4-5H2,(H2,11,15,16). The molecule has 17 heavy (non-hydrogen) atoms. The van der Waals surface area contributed by atoms with Crippen LogP contribution in [0, 0.1) is 3.70 Å². The number of carbonyl (C=O) groups is 1. The maximum atomic E-state index is 11.8. The van der Waals surface area contributed by atoms with Crippen molar-refractivity contribution in [1.82, 2.24) is 4.98 Å². The van der Waals surface area contributed by atoms with Gasteiger partial charge < -0.3 is 4.90 Å². The van der Waals surface area contributed by atoms with Gasteiger partial charge in [0.2, 0.25) is 15.9 Å². The Morgan fingerprint density at radius 2 is 2.24 bits per heavy atom. The quantitative estimate of drug-likeness (QED) is 0.592. The van der Waals surface area contributed by atoms with E-state index in [1.807, 2.05) is 22.6 Å². The van der Waals surface area contributed by atoms with Gasteiger partial charge in [0, 0.05) is 19.2 Å². The lowest BCUT2D eigenvalue weighted by Gasteiger charge is -2.17. The molecule has 6 nitrogen and oxygen atoms in total. The topological polar surface area (TPSA) is 93.4 Å². The molecule has 1 aromatic heterocycles. The molecule has 8 heteroatoms. The summed E-state index contributed by atoms with van der Waals surface area (Å²) in [6.07, 6.45) is 1.55. The number of carbonyl (C=O) groups excluding carboxylic acids is 1. The van der Waals surface area contributed by atoms with Gasteiger partial charge in [-0.25, -0.2) is 18.5 Å². The number of hydrogen-bond donors (Lipinski definition) is 1. The average molecular weight is 367 g/mol. The predicted octanol–water partition coefficient (Wildman–Crippen LogP) is 0.0800. The van der Waals surface area contributed by atoms with Gasteiger partial charge in [-0.05, 0) is 34.7 Å². The van der Waals surface area contributed by atoms with Crippen molar-refractivity contribution >= 4 is 44.2 Å². The second-order valence-corrected chi connectivity index (χ2v) is 6.60. The summed E-state index contributed by atoms with van der Waals surface area (Å²) in [6.45, 7) is 0.0966. The first-order chi connectivity index (χ1) is 7.89. The summed E-state index contributed by atoms with van der Waals surface area (Å²) < 4.78 is 23.1. The summed E-state index contributed by atoms with van der Waals surface area (Å²) >= 11 is 2.00. The van der Waals surface area contributed by atoms with Crippen LogP contribution in [0.3, 0.4) is 0 Å². The second-order valence-electron chi connectivity index (χ2n) is 3.73. The first-order valence-electron chi connectivity index (χ1n) is 4.82. The number of anilines is 1. The van der Waals surface area contributed by atoms with Crippen LogP contribution in [0.15, 0.2) is 18.3 Å². The molecule has 1 unspecified atom stereocenters. The molecular weight excluding hydrogens is 357 g/mol. The molecule has 0 aromatic carbocycles. The van der Waals surface area contributed by atoms with Crippen molar-refractivity contribution in [2.75, 3.05) is 11.4 Å². The molecule has 0 radical (unpaired) electrons. The number of sulfonamides is 1. The second kappa shape index (κ2) is 4.50. The zero-order chi connectivity index (χ0) is 12.6. The number of halogens is 1. The SMILES string of the molecule is NS(=O)(=O)C1CC(=O)N(c2cccnc2I)C1. The smallest absolute Gasteiger partial charge is 0.228 e. The molecule has 0 aliphatic carbocycles. The summed E-state index contributed by atoms with van der Waals surface area (Å²) in [4.78, 5) is 17.2. The highest BCUT2D eigenvalue weighted by atomic mass is 127. The van der Waals surface area contributed by atoms with Gasteiger partial charge in [-0.3, -0.25) is 4.79 Å². The van der Waals surface area contributed by atoms with Crippen LogP contribution in [0.4, 0.5) is 5.69 Å². The Morgan fingerprint density at radius 3 is 2.76 bits per heavy atom. The Kier molecular flexibility index (Phi) is 3.36. The van der Waals surface area contributed by atoms with E-state index in [-0.39, 0.29) is 18.9 Å². The molecule has 0 saturated carbocycles. The number of amides is 1. The Morgan fingerprint density at radius 1 is 1.53 bits per heavy atom. The number of hydrogen-bond acceptors (Lipinski definition) is 4. The number of rotatable bonds is 2. The van der Waals surface area contributed by atoms with Crippen molar-refractivity contribution < 1.29 is 13.2 Å². The van der Waals surface area contributed by atoms with Crippen molar-refractivity contribution in [3.05, 3.63) is 22.0 Å². The minimum absolute atomic E-state index is 0.0657. The lowest BCUT2D eigenvalue weighted by atomic mass is 10.4. The first kappa shape index (κ1) is 12.7. The molecule has 2 rings (SSSR count). The molecule has 2 N–H and O–H groups in total. The van der Waals surface area contributed by atoms with Crippen LogP contribution in [0.25, 0.3) is 0 Å². The normalized spacial score (nSPS) is 20.9. The molecule has 1 aliphatic rings. The zero-order valence-electron chi connectivity index (χ0n) is 8.71. The van der Waals surface area contributed by atoms with E-state index in [0.717, 1.165) is 0 Å². The molecule has 1 saturated heterocycles. The highest BCUT2D eigenvalue weighted by Gasteiger charge is 2.37. The number of pyridine rings is 1. The van der Waals surface area contributed by atoms with Gasteiger partial charge in [-0.15, -0.1) is 0 Å². The minimum Gasteiger partial charge on any atom is -0.308 e. The molecular formula is C9H10IN3O3S. The molecule has 1 fully saturated rings. The first-order valence-corrected chi connectivity index (χ1v) is 7.51. The lowest BCUT2D eigenvalue weighted by molar-refractivity contribution is -0.117. The van der Waals surface area contributed by atoms with Gasteiger partial charge in [0.25, 0.3) is 0 Å². The van der Waals surface area contributed by atoms with E-state index in [2.05, 4.69) is 4.98 Å². The van der Waals surface area contributed by atoms with Crippen LogP contribution >= 0.6 is 22.6 Å². The maximum Gasteiger partial charge on any atom is 0.228 e. The monoisotopic (exact) mass is 367 g/mol. The Bertz CT molecular complexity index is 560. The average Bonchev–Trinajstić information content (AvgIpc) is 2.61. The van der Waals surface area contributed by atoms with Gasteiger partial charge in [0.05, 0.1) is 5.69 Å². The van der Waals surface area contributed by atoms with E-state index in [0.29, 0.717) is 9.39 Å². The Balaban J connectivity index is 2.31. The molecule has 92 valence electrons. The fourth-order valence-corrected chi connectivity index (χ4v) is 3.07. The van der Waals surface area contributed by atoms with E-state index in [1.165, 1.54) is 4.90 Å². The maximum absolute atomic E-state index is 11.8. The van der Waals surface area contributed by atoms with Gasteiger partial charge >= 0.3 is 0 Å². The van der Waals surface area contributed by atoms with Crippen molar-refractivity contribution in [1.29, 1.82) is 0 Å². The predicted molar refractivity (Wildman–Crippen MR) is 70.8 cm³/mol. The lowest BCUT2D eigenvalue weighted by Crippen LogP contribution is -2.32. The molecule has 2 heterocycles. The number of aromatic nitrogens is 1. The third-order valence-electron chi connectivity index (χ3n) is 2.58. The number of primary sulfonamides is 1. The van der Waals surface area contributed by atoms with Crippen molar-refractivity contribution in [2.45, 2.75) is 11.7 Å². The summed E-state index contributed by atoms with van der Waals surface area (Å²) in [6, 6.07) is 3.44. The van der Waals surface area contributed by atoms with Crippen LogP contribution in [-0.4, -0.2) is 31.1 Å². The van der Waals surface area contributed by atoms with Crippen LogP contribution < -0.4 is 10.0 Å². The molecule has 0 bridgehead atoms. The fraction of sp³-hybridized carbons (Fsp3) is 0.333. The molecule has 1 atom stereocenters. The summed E-state index contributed by atoms with van der Waals surface area (Å²) in [5.41, 5.74) is 0.629. The highest BCUT2D eigenvalue weighted by Crippen LogP contribution is 2.26. The van der Waals surface area contributed by atoms with E-state index in [1.54, 1.807) is 18.3 Å². The summed E-state index contributed by atoms with van der Waals surface area (Å²) in [5.74, 6) is -0.241. The van der Waals surface area contributed by atoms with Gasteiger partial charge in [-0.2, -0.15) is 0 Å². The van der Waals surface area contributed by atoms with Gasteiger partial charge in [0.15, 0.2) is 0 Å². The van der Waals surface area contributed by atoms with Crippen molar-refractivity contribution in [3.63, 3.8) is 0 Å². The summed E-state index contributed by atoms with van der Waals surface area (Å²) in [5, 5.41) is 4.23. The third kappa shape index (κ3) is 2.58. The Hall–Kier alpha value is -0.740. The minimum atomic E-state index is -3.67.